The minimum atomic E-state index is -0.433. The summed E-state index contributed by atoms with van der Waals surface area (Å²) in [6.07, 6.45) is 0. The first-order chi connectivity index (χ1) is 11.9. The first-order valence-corrected chi connectivity index (χ1v) is 9.91. The van der Waals surface area contributed by atoms with E-state index in [1.807, 2.05) is 17.5 Å². The topological polar surface area (TPSA) is 70.7 Å². The van der Waals surface area contributed by atoms with E-state index in [1.54, 1.807) is 18.3 Å². The van der Waals surface area contributed by atoms with Crippen LogP contribution in [0, 0.1) is 0 Å². The van der Waals surface area contributed by atoms with Gasteiger partial charge in [-0.05, 0) is 30.5 Å². The third kappa shape index (κ3) is 4.48. The molecule has 1 aromatic carbocycles. The van der Waals surface area contributed by atoms with Gasteiger partial charge in [0.2, 0.25) is 11.1 Å². The summed E-state index contributed by atoms with van der Waals surface area (Å²) in [7, 11) is 0. The molecule has 1 amide bonds. The maximum absolute atomic E-state index is 12.4. The number of hydrogen-bond donors (Lipinski definition) is 2. The van der Waals surface area contributed by atoms with Crippen molar-refractivity contribution in [1.82, 2.24) is 15.2 Å². The van der Waals surface area contributed by atoms with Crippen molar-refractivity contribution in [2.45, 2.75) is 17.3 Å². The Morgan fingerprint density at radius 3 is 2.76 bits per heavy atom. The number of H-pyrrole nitrogens is 1. The summed E-state index contributed by atoms with van der Waals surface area (Å²) in [6, 6.07) is 6.89. The standard InChI is InChI=1S/C15H11Cl3N4OS2/c1-7(14(23)19-11-6-9(17)8(16)5-10(11)18)25-15-20-13(21-22-15)12-3-2-4-24-12/h2-7H,1H3,(H,19,23)(H,20,21,22). The van der Waals surface area contributed by atoms with Crippen LogP contribution in [0.25, 0.3) is 10.7 Å². The Morgan fingerprint density at radius 1 is 1.28 bits per heavy atom. The van der Waals surface area contributed by atoms with E-state index >= 15 is 0 Å². The maximum Gasteiger partial charge on any atom is 0.237 e. The largest absolute Gasteiger partial charge is 0.324 e. The summed E-state index contributed by atoms with van der Waals surface area (Å²) in [4.78, 5) is 17.7. The number of nitrogens with one attached hydrogen (secondary N) is 2. The van der Waals surface area contributed by atoms with Gasteiger partial charge in [-0.3, -0.25) is 9.89 Å². The van der Waals surface area contributed by atoms with E-state index < -0.39 is 5.25 Å². The van der Waals surface area contributed by atoms with Gasteiger partial charge in [-0.1, -0.05) is 52.6 Å². The van der Waals surface area contributed by atoms with Crippen molar-refractivity contribution < 1.29 is 4.79 Å². The van der Waals surface area contributed by atoms with Crippen molar-refractivity contribution in [3.8, 4) is 10.7 Å². The lowest BCUT2D eigenvalue weighted by molar-refractivity contribution is -0.115. The summed E-state index contributed by atoms with van der Waals surface area (Å²) < 4.78 is 0. The van der Waals surface area contributed by atoms with Gasteiger partial charge < -0.3 is 5.32 Å². The number of thiophene rings is 1. The zero-order valence-electron chi connectivity index (χ0n) is 12.7. The molecule has 0 fully saturated rings. The summed E-state index contributed by atoms with van der Waals surface area (Å²) in [5.41, 5.74) is 0.405. The number of benzene rings is 1. The molecule has 0 saturated heterocycles. The van der Waals surface area contributed by atoms with Crippen molar-refractivity contribution in [2.75, 3.05) is 5.32 Å². The molecule has 2 heterocycles. The number of hydrogen-bond acceptors (Lipinski definition) is 5. The Kier molecular flexibility index (Phi) is 5.91. The molecule has 0 aliphatic heterocycles. The molecule has 0 saturated carbocycles. The molecule has 130 valence electrons. The Bertz CT molecular complexity index is 898. The minimum absolute atomic E-state index is 0.243. The smallest absolute Gasteiger partial charge is 0.237 e. The second-order valence-electron chi connectivity index (χ2n) is 4.94. The zero-order chi connectivity index (χ0) is 18.0. The molecular formula is C15H11Cl3N4OS2. The van der Waals surface area contributed by atoms with Crippen LogP contribution in [0.4, 0.5) is 5.69 Å². The van der Waals surface area contributed by atoms with Gasteiger partial charge in [0.05, 0.1) is 30.9 Å². The SMILES string of the molecule is CC(Sc1n[nH]c(-c2cccs2)n1)C(=O)Nc1cc(Cl)c(Cl)cc1Cl. The average molecular weight is 434 g/mol. The molecule has 25 heavy (non-hydrogen) atoms. The fourth-order valence-corrected chi connectivity index (χ4v) is 3.87. The number of amides is 1. The molecule has 0 spiro atoms. The molecule has 1 atom stereocenters. The van der Waals surface area contributed by atoms with Gasteiger partial charge in [-0.2, -0.15) is 0 Å². The highest BCUT2D eigenvalue weighted by Crippen LogP contribution is 2.33. The van der Waals surface area contributed by atoms with E-state index in [-0.39, 0.29) is 5.91 Å². The zero-order valence-corrected chi connectivity index (χ0v) is 16.6. The van der Waals surface area contributed by atoms with E-state index in [2.05, 4.69) is 20.5 Å². The van der Waals surface area contributed by atoms with E-state index in [9.17, 15) is 4.79 Å². The Balaban J connectivity index is 1.66. The number of halogens is 3. The fraction of sp³-hybridized carbons (Fsp3) is 0.133. The summed E-state index contributed by atoms with van der Waals surface area (Å²) in [5, 5.41) is 12.7. The number of nitrogens with zero attached hydrogens (tertiary/aromatic N) is 2. The van der Waals surface area contributed by atoms with Crippen LogP contribution in [0.1, 0.15) is 6.92 Å². The lowest BCUT2D eigenvalue weighted by atomic mass is 10.3. The monoisotopic (exact) mass is 432 g/mol. The molecule has 0 aliphatic carbocycles. The van der Waals surface area contributed by atoms with Crippen molar-refractivity contribution >= 4 is 69.5 Å². The fourth-order valence-electron chi connectivity index (χ4n) is 1.89. The molecule has 3 aromatic rings. The van der Waals surface area contributed by atoms with Crippen LogP contribution in [0.5, 0.6) is 0 Å². The van der Waals surface area contributed by atoms with Gasteiger partial charge in [0, 0.05) is 0 Å². The van der Waals surface area contributed by atoms with E-state index in [4.69, 9.17) is 34.8 Å². The second-order valence-corrected chi connectivity index (χ2v) is 8.42. The number of rotatable bonds is 5. The Morgan fingerprint density at radius 2 is 2.04 bits per heavy atom. The molecule has 0 bridgehead atoms. The van der Waals surface area contributed by atoms with Crippen LogP contribution in [0.2, 0.25) is 15.1 Å². The first kappa shape index (κ1) is 18.5. The lowest BCUT2D eigenvalue weighted by Crippen LogP contribution is -2.22. The highest BCUT2D eigenvalue weighted by molar-refractivity contribution is 8.00. The van der Waals surface area contributed by atoms with Gasteiger partial charge in [0.15, 0.2) is 5.82 Å². The maximum atomic E-state index is 12.4. The van der Waals surface area contributed by atoms with Gasteiger partial charge in [0.25, 0.3) is 0 Å². The Hall–Kier alpha value is -1.25. The van der Waals surface area contributed by atoms with Crippen molar-refractivity contribution in [2.24, 2.45) is 0 Å². The Labute approximate surface area is 167 Å². The average Bonchev–Trinajstić information content (AvgIpc) is 3.23. The van der Waals surface area contributed by atoms with Gasteiger partial charge in [-0.15, -0.1) is 16.4 Å². The minimum Gasteiger partial charge on any atom is -0.324 e. The normalized spacial score (nSPS) is 12.2. The second kappa shape index (κ2) is 7.97. The summed E-state index contributed by atoms with van der Waals surface area (Å²) in [5.74, 6) is 0.436. The van der Waals surface area contributed by atoms with Crippen LogP contribution in [0.3, 0.4) is 0 Å². The third-order valence-electron chi connectivity index (χ3n) is 3.14. The molecule has 5 nitrogen and oxygen atoms in total. The van der Waals surface area contributed by atoms with Gasteiger partial charge >= 0.3 is 0 Å². The molecule has 10 heteroatoms. The van der Waals surface area contributed by atoms with Crippen LogP contribution in [-0.2, 0) is 4.79 Å². The molecule has 0 aliphatic rings. The number of carbonyl (C=O) groups excluding carboxylic acids is 1. The van der Waals surface area contributed by atoms with Gasteiger partial charge in [0.1, 0.15) is 0 Å². The van der Waals surface area contributed by atoms with E-state index in [0.29, 0.717) is 31.7 Å². The highest BCUT2D eigenvalue weighted by atomic mass is 35.5. The van der Waals surface area contributed by atoms with Crippen LogP contribution in [0.15, 0.2) is 34.8 Å². The van der Waals surface area contributed by atoms with Crippen molar-refractivity contribution in [3.05, 3.63) is 44.7 Å². The number of thioether (sulfide) groups is 1. The lowest BCUT2D eigenvalue weighted by Gasteiger charge is -2.12. The van der Waals surface area contributed by atoms with E-state index in [0.717, 1.165) is 4.88 Å². The van der Waals surface area contributed by atoms with Gasteiger partial charge in [-0.25, -0.2) is 4.98 Å². The molecule has 0 radical (unpaired) electrons. The van der Waals surface area contributed by atoms with Crippen LogP contribution < -0.4 is 5.32 Å². The number of anilines is 1. The molecule has 1 unspecified atom stereocenters. The third-order valence-corrected chi connectivity index (χ3v) is 6.01. The van der Waals surface area contributed by atoms with Crippen LogP contribution in [-0.4, -0.2) is 26.3 Å². The predicted molar refractivity (Wildman–Crippen MR) is 105 cm³/mol. The van der Waals surface area contributed by atoms with Crippen LogP contribution >= 0.6 is 57.9 Å². The molecule has 3 rings (SSSR count). The van der Waals surface area contributed by atoms with E-state index in [1.165, 1.54) is 23.9 Å². The van der Waals surface area contributed by atoms with Crippen molar-refractivity contribution in [3.63, 3.8) is 0 Å². The summed E-state index contributed by atoms with van der Waals surface area (Å²) in [6.45, 7) is 1.76. The molecule has 2 N–H and O–H groups in total. The molecule has 2 aromatic heterocycles. The number of carbonyl (C=O) groups is 1. The summed E-state index contributed by atoms with van der Waals surface area (Å²) >= 11 is 20.7. The predicted octanol–water partition coefficient (Wildman–Crippen LogP) is 5.61. The van der Waals surface area contributed by atoms with Crippen molar-refractivity contribution in [1.29, 1.82) is 0 Å². The molecular weight excluding hydrogens is 423 g/mol. The highest BCUT2D eigenvalue weighted by Gasteiger charge is 2.19. The first-order valence-electron chi connectivity index (χ1n) is 7.02. The number of aromatic amines is 1. The quantitative estimate of drug-likeness (QED) is 0.405. The number of aromatic nitrogens is 3.